The molecule has 0 bridgehead atoms. The van der Waals surface area contributed by atoms with Gasteiger partial charge in [0, 0.05) is 6.07 Å². The maximum atomic E-state index is 10.7. The number of quaternary nitrogens is 1. The van der Waals surface area contributed by atoms with Crippen molar-refractivity contribution < 1.29 is 25.1 Å². The van der Waals surface area contributed by atoms with Gasteiger partial charge in [0.1, 0.15) is 17.5 Å². The van der Waals surface area contributed by atoms with Crippen LogP contribution in [0.4, 0.5) is 0 Å². The summed E-state index contributed by atoms with van der Waals surface area (Å²) >= 11 is 0. The van der Waals surface area contributed by atoms with Crippen LogP contribution in [0.5, 0.6) is 11.5 Å². The molecule has 0 heterocycles. The summed E-state index contributed by atoms with van der Waals surface area (Å²) in [5.41, 5.74) is 3.96. The second-order valence-electron chi connectivity index (χ2n) is 2.98. The molecule has 15 heavy (non-hydrogen) atoms. The lowest BCUT2D eigenvalue weighted by Crippen LogP contribution is -2.61. The Balaban J connectivity index is 3.12. The van der Waals surface area contributed by atoms with E-state index in [1.165, 1.54) is 14.2 Å². The van der Waals surface area contributed by atoms with E-state index in [9.17, 15) is 9.90 Å². The van der Waals surface area contributed by atoms with E-state index in [2.05, 4.69) is 5.73 Å². The minimum Gasteiger partial charge on any atom is -0.544 e. The molecule has 5 heteroatoms. The Morgan fingerprint density at radius 3 is 2.53 bits per heavy atom. The average molecular weight is 211 g/mol. The Hall–Kier alpha value is -1.75. The van der Waals surface area contributed by atoms with Gasteiger partial charge in [0.05, 0.1) is 19.8 Å². The molecule has 0 aliphatic rings. The fraction of sp³-hybridized carbons (Fsp3) is 0.300. The van der Waals surface area contributed by atoms with Gasteiger partial charge in [-0.15, -0.1) is 0 Å². The fourth-order valence-electron chi connectivity index (χ4n) is 1.23. The Labute approximate surface area is 87.4 Å². The number of benzene rings is 1. The summed E-state index contributed by atoms with van der Waals surface area (Å²) in [6, 6.07) is 3.91. The minimum atomic E-state index is -1.24. The fourth-order valence-corrected chi connectivity index (χ4v) is 1.23. The van der Waals surface area contributed by atoms with Crippen molar-refractivity contribution in [1.82, 2.24) is 0 Å². The number of aliphatic carboxylic acids is 1. The van der Waals surface area contributed by atoms with Crippen LogP contribution in [0.2, 0.25) is 0 Å². The molecule has 0 saturated carbocycles. The van der Waals surface area contributed by atoms with Gasteiger partial charge in [-0.3, -0.25) is 0 Å². The first kappa shape index (κ1) is 11.3. The van der Waals surface area contributed by atoms with Crippen molar-refractivity contribution in [1.29, 1.82) is 0 Å². The lowest BCUT2D eigenvalue weighted by molar-refractivity contribution is -0.443. The van der Waals surface area contributed by atoms with Crippen LogP contribution in [0.3, 0.4) is 0 Å². The van der Waals surface area contributed by atoms with E-state index in [0.717, 1.165) is 0 Å². The minimum absolute atomic E-state index is 0.429. The monoisotopic (exact) mass is 211 g/mol. The number of carboxylic acid groups (broad SMARTS) is 1. The van der Waals surface area contributed by atoms with Crippen LogP contribution in [0.1, 0.15) is 11.6 Å². The molecule has 1 aromatic rings. The molecule has 82 valence electrons. The zero-order chi connectivity index (χ0) is 11.4. The number of hydrogen-bond donors (Lipinski definition) is 1. The molecule has 0 spiro atoms. The first-order valence-corrected chi connectivity index (χ1v) is 4.36. The SMILES string of the molecule is COc1ccc([C@H]([NH3+])C(=O)[O-])c(OC)c1. The molecule has 0 aromatic heterocycles. The average Bonchev–Trinajstić information content (AvgIpc) is 2.27. The van der Waals surface area contributed by atoms with Gasteiger partial charge in [0.2, 0.25) is 0 Å². The maximum Gasteiger partial charge on any atom is 0.154 e. The van der Waals surface area contributed by atoms with E-state index in [-0.39, 0.29) is 0 Å². The molecule has 0 unspecified atom stereocenters. The highest BCUT2D eigenvalue weighted by molar-refractivity contribution is 5.73. The predicted molar refractivity (Wildman–Crippen MR) is 50.2 cm³/mol. The van der Waals surface area contributed by atoms with Crippen LogP contribution in [0, 0.1) is 0 Å². The zero-order valence-electron chi connectivity index (χ0n) is 8.65. The third-order valence-electron chi connectivity index (χ3n) is 2.10. The molecule has 3 N–H and O–H groups in total. The summed E-state index contributed by atoms with van der Waals surface area (Å²) in [4.78, 5) is 10.7. The summed E-state index contributed by atoms with van der Waals surface area (Å²) in [7, 11) is 2.98. The van der Waals surface area contributed by atoms with Gasteiger partial charge in [-0.2, -0.15) is 0 Å². The zero-order valence-corrected chi connectivity index (χ0v) is 8.65. The highest BCUT2D eigenvalue weighted by Crippen LogP contribution is 2.27. The van der Waals surface area contributed by atoms with Crippen molar-refractivity contribution >= 4 is 5.97 Å². The van der Waals surface area contributed by atoms with Gasteiger partial charge in [-0.1, -0.05) is 0 Å². The standard InChI is InChI=1S/C10H13NO4/c1-14-6-3-4-7(8(5-6)15-2)9(11)10(12)13/h3-5,9H,11H2,1-2H3,(H,12,13)/t9-/m0/s1. The van der Waals surface area contributed by atoms with Gasteiger partial charge in [0.15, 0.2) is 6.04 Å². The third kappa shape index (κ3) is 2.38. The summed E-state index contributed by atoms with van der Waals surface area (Å²) < 4.78 is 10.0. The summed E-state index contributed by atoms with van der Waals surface area (Å²) in [5.74, 6) is -0.210. The normalized spacial score (nSPS) is 11.9. The lowest BCUT2D eigenvalue weighted by Gasteiger charge is -2.14. The van der Waals surface area contributed by atoms with Crippen LogP contribution in [-0.2, 0) is 4.79 Å². The molecule has 1 atom stereocenters. The predicted octanol–water partition coefficient (Wildman–Crippen LogP) is -1.26. The van der Waals surface area contributed by atoms with Crippen LogP contribution in [0.25, 0.3) is 0 Å². The van der Waals surface area contributed by atoms with E-state index in [4.69, 9.17) is 9.47 Å². The smallest absolute Gasteiger partial charge is 0.154 e. The van der Waals surface area contributed by atoms with Crippen molar-refractivity contribution in [2.75, 3.05) is 14.2 Å². The molecular formula is C10H13NO4. The topological polar surface area (TPSA) is 86.2 Å². The van der Waals surface area contributed by atoms with Crippen LogP contribution < -0.4 is 20.3 Å². The van der Waals surface area contributed by atoms with Crippen LogP contribution in [-0.4, -0.2) is 20.2 Å². The maximum absolute atomic E-state index is 10.7. The van der Waals surface area contributed by atoms with Gasteiger partial charge < -0.3 is 25.1 Å². The molecule has 0 fully saturated rings. The number of carboxylic acids is 1. The number of methoxy groups -OCH3 is 2. The molecule has 1 rings (SSSR count). The second kappa shape index (κ2) is 4.65. The Kier molecular flexibility index (Phi) is 3.51. The van der Waals surface area contributed by atoms with Crippen molar-refractivity contribution in [2.24, 2.45) is 0 Å². The highest BCUT2D eigenvalue weighted by Gasteiger charge is 2.16. The Morgan fingerprint density at radius 2 is 2.07 bits per heavy atom. The van der Waals surface area contributed by atoms with Gasteiger partial charge in [-0.05, 0) is 12.1 Å². The van der Waals surface area contributed by atoms with E-state index in [0.29, 0.717) is 17.1 Å². The lowest BCUT2D eigenvalue weighted by atomic mass is 10.1. The molecule has 0 aliphatic carbocycles. The van der Waals surface area contributed by atoms with E-state index < -0.39 is 12.0 Å². The Morgan fingerprint density at radius 1 is 1.40 bits per heavy atom. The number of hydrogen-bond acceptors (Lipinski definition) is 4. The number of rotatable bonds is 4. The largest absolute Gasteiger partial charge is 0.544 e. The van der Waals surface area contributed by atoms with Crippen LogP contribution in [0.15, 0.2) is 18.2 Å². The molecule has 0 radical (unpaired) electrons. The first-order chi connectivity index (χ1) is 7.10. The Bertz CT molecular complexity index is 364. The molecule has 5 nitrogen and oxygen atoms in total. The third-order valence-corrected chi connectivity index (χ3v) is 2.10. The number of ether oxygens (including phenoxy) is 2. The van der Waals surface area contributed by atoms with Gasteiger partial charge >= 0.3 is 0 Å². The molecule has 0 amide bonds. The van der Waals surface area contributed by atoms with Gasteiger partial charge in [-0.25, -0.2) is 0 Å². The van der Waals surface area contributed by atoms with E-state index >= 15 is 0 Å². The quantitative estimate of drug-likeness (QED) is 0.673. The molecule has 0 aliphatic heterocycles. The number of carbonyl (C=O) groups is 1. The molecule has 0 saturated heterocycles. The molecule has 1 aromatic carbocycles. The second-order valence-corrected chi connectivity index (χ2v) is 2.98. The van der Waals surface area contributed by atoms with Crippen LogP contribution >= 0.6 is 0 Å². The van der Waals surface area contributed by atoms with Crippen molar-refractivity contribution in [3.8, 4) is 11.5 Å². The summed E-state index contributed by atoms with van der Waals surface area (Å²) in [6.45, 7) is 0. The summed E-state index contributed by atoms with van der Waals surface area (Å²) in [5, 5.41) is 10.7. The highest BCUT2D eigenvalue weighted by atomic mass is 16.5. The molecular weight excluding hydrogens is 198 g/mol. The van der Waals surface area contributed by atoms with Gasteiger partial charge in [0.25, 0.3) is 0 Å². The number of carbonyl (C=O) groups excluding carboxylic acids is 1. The van der Waals surface area contributed by atoms with Crippen molar-refractivity contribution in [2.45, 2.75) is 6.04 Å². The van der Waals surface area contributed by atoms with Crippen molar-refractivity contribution in [3.63, 3.8) is 0 Å². The summed E-state index contributed by atoms with van der Waals surface area (Å²) in [6.07, 6.45) is 0. The first-order valence-electron chi connectivity index (χ1n) is 4.36. The van der Waals surface area contributed by atoms with E-state index in [1.807, 2.05) is 0 Å². The van der Waals surface area contributed by atoms with Crippen molar-refractivity contribution in [3.05, 3.63) is 23.8 Å². The van der Waals surface area contributed by atoms with E-state index in [1.54, 1.807) is 18.2 Å².